The molecule has 0 saturated carbocycles. The van der Waals surface area contributed by atoms with Crippen LogP contribution in [-0.2, 0) is 4.74 Å². The minimum Gasteiger partial charge on any atom is -0.497 e. The Balaban J connectivity index is 2.04. The molecule has 17 heavy (non-hydrogen) atoms. The van der Waals surface area contributed by atoms with Crippen molar-refractivity contribution in [2.75, 3.05) is 13.7 Å². The third-order valence-electron chi connectivity index (χ3n) is 3.04. The predicted molar refractivity (Wildman–Crippen MR) is 70.2 cm³/mol. The summed E-state index contributed by atoms with van der Waals surface area (Å²) in [5.41, 5.74) is 0.949. The SMILES string of the molecule is COc1ccc(C(Cl)CC2CCCO2)c(Cl)c1. The molecular weight excluding hydrogens is 259 g/mol. The molecule has 0 N–H and O–H groups in total. The van der Waals surface area contributed by atoms with Crippen LogP contribution in [0.15, 0.2) is 18.2 Å². The van der Waals surface area contributed by atoms with Crippen LogP contribution in [0.5, 0.6) is 5.75 Å². The van der Waals surface area contributed by atoms with Gasteiger partial charge in [-0.3, -0.25) is 0 Å². The van der Waals surface area contributed by atoms with Crippen molar-refractivity contribution in [2.45, 2.75) is 30.7 Å². The lowest BCUT2D eigenvalue weighted by Crippen LogP contribution is -2.08. The van der Waals surface area contributed by atoms with Crippen molar-refractivity contribution in [3.8, 4) is 5.75 Å². The van der Waals surface area contributed by atoms with E-state index in [1.54, 1.807) is 13.2 Å². The van der Waals surface area contributed by atoms with Crippen LogP contribution in [0.25, 0.3) is 0 Å². The molecule has 94 valence electrons. The zero-order valence-corrected chi connectivity index (χ0v) is 11.3. The normalized spacial score (nSPS) is 21.5. The van der Waals surface area contributed by atoms with Crippen LogP contribution < -0.4 is 4.74 Å². The van der Waals surface area contributed by atoms with E-state index >= 15 is 0 Å². The van der Waals surface area contributed by atoms with E-state index in [-0.39, 0.29) is 11.5 Å². The van der Waals surface area contributed by atoms with E-state index in [1.807, 2.05) is 12.1 Å². The molecule has 1 aromatic carbocycles. The molecule has 2 atom stereocenters. The van der Waals surface area contributed by atoms with Crippen LogP contribution >= 0.6 is 23.2 Å². The van der Waals surface area contributed by atoms with Crippen LogP contribution in [0.2, 0.25) is 5.02 Å². The van der Waals surface area contributed by atoms with Crippen molar-refractivity contribution in [3.63, 3.8) is 0 Å². The summed E-state index contributed by atoms with van der Waals surface area (Å²) in [5.74, 6) is 0.750. The van der Waals surface area contributed by atoms with Gasteiger partial charge in [0.2, 0.25) is 0 Å². The molecule has 1 aliphatic rings. The first kappa shape index (κ1) is 13.0. The Morgan fingerprint density at radius 3 is 2.94 bits per heavy atom. The Kier molecular flexibility index (Phi) is 4.55. The Hall–Kier alpha value is -0.440. The van der Waals surface area contributed by atoms with E-state index in [0.717, 1.165) is 37.2 Å². The maximum absolute atomic E-state index is 6.38. The first-order valence-electron chi connectivity index (χ1n) is 5.80. The van der Waals surface area contributed by atoms with Crippen molar-refractivity contribution in [1.82, 2.24) is 0 Å². The van der Waals surface area contributed by atoms with Crippen molar-refractivity contribution in [2.24, 2.45) is 0 Å². The largest absolute Gasteiger partial charge is 0.497 e. The van der Waals surface area contributed by atoms with Crippen LogP contribution in [0.3, 0.4) is 0 Å². The maximum atomic E-state index is 6.38. The summed E-state index contributed by atoms with van der Waals surface area (Å²) in [6, 6.07) is 5.60. The van der Waals surface area contributed by atoms with E-state index in [4.69, 9.17) is 32.7 Å². The fourth-order valence-corrected chi connectivity index (χ4v) is 2.82. The average molecular weight is 275 g/mol. The number of alkyl halides is 1. The monoisotopic (exact) mass is 274 g/mol. The van der Waals surface area contributed by atoms with Gasteiger partial charge in [0.1, 0.15) is 5.75 Å². The highest BCUT2D eigenvalue weighted by molar-refractivity contribution is 6.32. The van der Waals surface area contributed by atoms with Gasteiger partial charge in [0, 0.05) is 11.6 Å². The zero-order chi connectivity index (χ0) is 12.3. The van der Waals surface area contributed by atoms with Gasteiger partial charge in [0.05, 0.1) is 18.6 Å². The molecule has 4 heteroatoms. The average Bonchev–Trinajstić information content (AvgIpc) is 2.81. The van der Waals surface area contributed by atoms with E-state index in [2.05, 4.69) is 0 Å². The molecule has 2 unspecified atom stereocenters. The Bertz CT molecular complexity index is 376. The zero-order valence-electron chi connectivity index (χ0n) is 9.79. The summed E-state index contributed by atoms with van der Waals surface area (Å²) < 4.78 is 10.7. The molecule has 1 saturated heterocycles. The highest BCUT2D eigenvalue weighted by atomic mass is 35.5. The second-order valence-corrected chi connectivity index (χ2v) is 5.16. The molecular formula is C13H16Cl2O2. The summed E-state index contributed by atoms with van der Waals surface area (Å²) in [7, 11) is 1.62. The minimum absolute atomic E-state index is 0.100. The second-order valence-electron chi connectivity index (χ2n) is 4.23. The van der Waals surface area contributed by atoms with Gasteiger partial charge >= 0.3 is 0 Å². The first-order chi connectivity index (χ1) is 8.20. The molecule has 2 nitrogen and oxygen atoms in total. The maximum Gasteiger partial charge on any atom is 0.120 e. The third-order valence-corrected chi connectivity index (χ3v) is 3.78. The number of hydrogen-bond acceptors (Lipinski definition) is 2. The van der Waals surface area contributed by atoms with Crippen LogP contribution in [0.4, 0.5) is 0 Å². The lowest BCUT2D eigenvalue weighted by Gasteiger charge is -2.16. The van der Waals surface area contributed by atoms with Crippen LogP contribution in [0, 0.1) is 0 Å². The standard InChI is InChI=1S/C13H16Cl2O2/c1-16-9-4-5-11(12(14)7-9)13(15)8-10-3-2-6-17-10/h4-5,7,10,13H,2-3,6,8H2,1H3. The molecule has 0 spiro atoms. The molecule has 0 aliphatic carbocycles. The lowest BCUT2D eigenvalue weighted by atomic mass is 10.0. The highest BCUT2D eigenvalue weighted by Gasteiger charge is 2.22. The van der Waals surface area contributed by atoms with Crippen molar-refractivity contribution in [3.05, 3.63) is 28.8 Å². The number of methoxy groups -OCH3 is 1. The van der Waals surface area contributed by atoms with Gasteiger partial charge in [-0.1, -0.05) is 17.7 Å². The van der Waals surface area contributed by atoms with E-state index in [1.165, 1.54) is 0 Å². The molecule has 1 aliphatic heterocycles. The fourth-order valence-electron chi connectivity index (χ4n) is 2.08. The van der Waals surface area contributed by atoms with Gasteiger partial charge < -0.3 is 9.47 Å². The van der Waals surface area contributed by atoms with Crippen molar-refractivity contribution >= 4 is 23.2 Å². The second kappa shape index (κ2) is 5.94. The Morgan fingerprint density at radius 1 is 1.53 bits per heavy atom. The van der Waals surface area contributed by atoms with Gasteiger partial charge in [-0.2, -0.15) is 0 Å². The number of hydrogen-bond donors (Lipinski definition) is 0. The van der Waals surface area contributed by atoms with Crippen molar-refractivity contribution < 1.29 is 9.47 Å². The smallest absolute Gasteiger partial charge is 0.120 e. The van der Waals surface area contributed by atoms with E-state index in [9.17, 15) is 0 Å². The number of benzene rings is 1. The van der Waals surface area contributed by atoms with Gasteiger partial charge in [-0.05, 0) is 37.0 Å². The molecule has 1 fully saturated rings. The predicted octanol–water partition coefficient (Wildman–Crippen LogP) is 4.20. The van der Waals surface area contributed by atoms with Gasteiger partial charge in [0.25, 0.3) is 0 Å². The highest BCUT2D eigenvalue weighted by Crippen LogP contribution is 2.35. The van der Waals surface area contributed by atoms with Gasteiger partial charge in [0.15, 0.2) is 0 Å². The van der Waals surface area contributed by atoms with E-state index in [0.29, 0.717) is 5.02 Å². The van der Waals surface area contributed by atoms with E-state index < -0.39 is 0 Å². The summed E-state index contributed by atoms with van der Waals surface area (Å²) in [6.45, 7) is 0.852. The summed E-state index contributed by atoms with van der Waals surface area (Å²) >= 11 is 12.6. The molecule has 1 heterocycles. The van der Waals surface area contributed by atoms with Crippen molar-refractivity contribution in [1.29, 1.82) is 0 Å². The molecule has 1 aromatic rings. The van der Waals surface area contributed by atoms with Gasteiger partial charge in [-0.25, -0.2) is 0 Å². The molecule has 0 aromatic heterocycles. The number of halogens is 2. The Labute approximate surface area is 112 Å². The molecule has 0 bridgehead atoms. The van der Waals surface area contributed by atoms with Gasteiger partial charge in [-0.15, -0.1) is 11.6 Å². The Morgan fingerprint density at radius 2 is 2.35 bits per heavy atom. The number of ether oxygens (including phenoxy) is 2. The number of rotatable bonds is 4. The van der Waals surface area contributed by atoms with Crippen LogP contribution in [-0.4, -0.2) is 19.8 Å². The summed E-state index contributed by atoms with van der Waals surface area (Å²) in [5, 5.41) is 0.554. The van der Waals surface area contributed by atoms with Crippen LogP contribution in [0.1, 0.15) is 30.2 Å². The first-order valence-corrected chi connectivity index (χ1v) is 6.61. The minimum atomic E-state index is -0.100. The topological polar surface area (TPSA) is 18.5 Å². The summed E-state index contributed by atoms with van der Waals surface area (Å²) in [6.07, 6.45) is 3.31. The quantitative estimate of drug-likeness (QED) is 0.767. The lowest BCUT2D eigenvalue weighted by molar-refractivity contribution is 0.103. The molecule has 0 radical (unpaired) electrons. The fraction of sp³-hybridized carbons (Fsp3) is 0.538. The third kappa shape index (κ3) is 3.27. The summed E-state index contributed by atoms with van der Waals surface area (Å²) in [4.78, 5) is 0. The molecule has 0 amide bonds. The molecule has 2 rings (SSSR count).